The molecule has 0 N–H and O–H groups in total. The molecule has 113 heavy (non-hydrogen) atoms. The normalized spacial score (nSPS) is 12.1. The van der Waals surface area contributed by atoms with Crippen molar-refractivity contribution in [2.45, 2.75) is 0 Å². The third-order valence-corrected chi connectivity index (χ3v) is 24.5. The Morgan fingerprint density at radius 3 is 1.40 bits per heavy atom. The minimum absolute atomic E-state index is 0.710. The Morgan fingerprint density at radius 1 is 0.212 bits per heavy atom. The van der Waals surface area contributed by atoms with Gasteiger partial charge in [-0.3, -0.25) is 4.57 Å². The largest absolute Gasteiger partial charge is 0.309 e. The minimum Gasteiger partial charge on any atom is -0.309 e. The van der Waals surface area contributed by atoms with Gasteiger partial charge in [-0.2, -0.15) is 0 Å². The Morgan fingerprint density at radius 2 is 0.699 bits per heavy atom. The number of aromatic nitrogens is 8. The average molecular weight is 1460 g/mol. The summed E-state index contributed by atoms with van der Waals surface area (Å²) < 4.78 is 12.4. The lowest BCUT2D eigenvalue weighted by Gasteiger charge is -2.16. The van der Waals surface area contributed by atoms with E-state index in [1.807, 2.05) is 35.6 Å². The van der Waals surface area contributed by atoms with Crippen molar-refractivity contribution in [2.24, 2.45) is 0 Å². The Labute approximate surface area is 650 Å². The van der Waals surface area contributed by atoms with Crippen LogP contribution in [0.15, 0.2) is 376 Å². The number of thiophene rings is 1. The molecule has 7 aromatic heterocycles. The zero-order valence-corrected chi connectivity index (χ0v) is 61.6. The molecule has 0 aliphatic heterocycles. The molecule has 25 aromatic rings. The smallest absolute Gasteiger partial charge is 0.162 e. The van der Waals surface area contributed by atoms with E-state index >= 15 is 0 Å². The maximum atomic E-state index is 5.54. The van der Waals surface area contributed by atoms with E-state index in [-0.39, 0.29) is 0 Å². The van der Waals surface area contributed by atoms with Gasteiger partial charge in [0.05, 0.1) is 72.2 Å². The van der Waals surface area contributed by atoms with Crippen LogP contribution in [0.2, 0.25) is 0 Å². The van der Waals surface area contributed by atoms with Crippen molar-refractivity contribution in [3.8, 4) is 56.9 Å². The highest BCUT2D eigenvalue weighted by Gasteiger charge is 2.27. The number of benzene rings is 18. The van der Waals surface area contributed by atoms with Crippen molar-refractivity contribution in [3.05, 3.63) is 376 Å². The quantitative estimate of drug-likeness (QED) is 0.159. The van der Waals surface area contributed by atoms with E-state index in [4.69, 9.17) is 19.9 Å². The molecule has 0 aliphatic rings. The molecule has 0 bridgehead atoms. The van der Waals surface area contributed by atoms with Crippen molar-refractivity contribution in [1.29, 1.82) is 0 Å². The van der Waals surface area contributed by atoms with Crippen LogP contribution in [0.3, 0.4) is 0 Å². The van der Waals surface area contributed by atoms with E-state index in [0.717, 1.165) is 78.1 Å². The molecule has 0 saturated carbocycles. The number of nitrogens with zero attached hydrogens (tertiary/aromatic N) is 8. The Balaban J connectivity index is 0.000000131. The van der Waals surface area contributed by atoms with Crippen LogP contribution in [0.1, 0.15) is 0 Å². The second kappa shape index (κ2) is 24.8. The molecule has 25 rings (SSSR count). The number of hydrogen-bond donors (Lipinski definition) is 0. The fourth-order valence-electron chi connectivity index (χ4n) is 18.4. The van der Waals surface area contributed by atoms with Gasteiger partial charge >= 0.3 is 0 Å². The number of hydrogen-bond acceptors (Lipinski definition) is 5. The molecule has 0 fully saturated rings. The number of fused-ring (bicyclic) bond motifs is 23. The van der Waals surface area contributed by atoms with E-state index in [1.54, 1.807) is 0 Å². The van der Waals surface area contributed by atoms with Crippen LogP contribution in [-0.4, -0.2) is 38.2 Å². The lowest BCUT2D eigenvalue weighted by molar-refractivity contribution is 1.08. The van der Waals surface area contributed by atoms with Gasteiger partial charge < -0.3 is 13.7 Å². The Kier molecular flexibility index (Phi) is 13.8. The summed E-state index contributed by atoms with van der Waals surface area (Å²) in [7, 11) is 0. The Bertz CT molecular complexity index is 8330. The zero-order chi connectivity index (χ0) is 73.9. The summed E-state index contributed by atoms with van der Waals surface area (Å²) in [4.78, 5) is 20.9. The van der Waals surface area contributed by atoms with Gasteiger partial charge in [0, 0.05) is 102 Å². The van der Waals surface area contributed by atoms with Crippen LogP contribution in [0.5, 0.6) is 0 Å². The van der Waals surface area contributed by atoms with Crippen LogP contribution >= 0.6 is 11.3 Å². The van der Waals surface area contributed by atoms with Crippen LogP contribution < -0.4 is 0 Å². The summed E-state index contributed by atoms with van der Waals surface area (Å²) in [5.74, 6) is 2.30. The van der Waals surface area contributed by atoms with Gasteiger partial charge in [0.2, 0.25) is 0 Å². The van der Waals surface area contributed by atoms with Crippen LogP contribution in [0.25, 0.3) is 229 Å². The molecule has 0 aliphatic carbocycles. The van der Waals surface area contributed by atoms with Gasteiger partial charge in [-0.25, -0.2) is 19.9 Å². The van der Waals surface area contributed by atoms with Gasteiger partial charge in [0.15, 0.2) is 11.6 Å². The van der Waals surface area contributed by atoms with Crippen molar-refractivity contribution < 1.29 is 0 Å². The first-order chi connectivity index (χ1) is 56.1. The van der Waals surface area contributed by atoms with Crippen molar-refractivity contribution in [3.63, 3.8) is 0 Å². The summed E-state index contributed by atoms with van der Waals surface area (Å²) in [5.41, 5.74) is 18.6. The van der Waals surface area contributed by atoms with Gasteiger partial charge in [0.1, 0.15) is 5.82 Å². The maximum absolute atomic E-state index is 5.54. The monoisotopic (exact) mass is 1450 g/mol. The molecule has 0 saturated heterocycles. The lowest BCUT2D eigenvalue weighted by Crippen LogP contribution is -2.03. The van der Waals surface area contributed by atoms with Gasteiger partial charge in [-0.05, 0) is 153 Å². The van der Waals surface area contributed by atoms with Gasteiger partial charge in [-0.1, -0.05) is 261 Å². The summed E-state index contributed by atoms with van der Waals surface area (Å²) in [6, 6.07) is 136. The minimum atomic E-state index is 0.710. The van der Waals surface area contributed by atoms with E-state index in [1.165, 1.54) is 145 Å². The molecule has 0 spiro atoms. The first-order valence-electron chi connectivity index (χ1n) is 38.4. The SMILES string of the molecule is c1ccc(-c2nc(-c3ccc(-n4c5cc6ccccc6cc5c5c(-n6c7ccccc7c7c8ccccc8ccc76)cccc54)cc3)c3ccccc3n2)cc1.c1ccc2c(-n3c4ccccc4c4c5ccccc5ccc43)c3c4ccccc4n(-c4nc(-c5ccc6sc7ccccc7c6c5)nc5ccccc45)c3cc2c1. The zero-order valence-electron chi connectivity index (χ0n) is 60.8. The summed E-state index contributed by atoms with van der Waals surface area (Å²) >= 11 is 1.83. The highest BCUT2D eigenvalue weighted by Crippen LogP contribution is 2.48. The van der Waals surface area contributed by atoms with E-state index in [2.05, 4.69) is 370 Å². The van der Waals surface area contributed by atoms with Crippen LogP contribution in [-0.2, 0) is 0 Å². The first kappa shape index (κ1) is 63.1. The molecule has 0 amide bonds. The first-order valence-corrected chi connectivity index (χ1v) is 39.2. The van der Waals surface area contributed by atoms with Crippen LogP contribution in [0, 0.1) is 0 Å². The molecule has 18 aromatic carbocycles. The standard InChI is InChI=1S/C52H30N4S.C52H32N4/c1-3-15-34-31(13-1)25-27-44-48(34)38-19-6-10-22-42(38)55(44)50-35-16-4-2-14-32(35)30-45-49(50)39-20-7-11-23-43(39)56(45)52-37-18-5-9-21-41(37)53-51(54-52)33-26-28-47-40(29-33)36-17-8-12-24-46(36)57-47;1-2-14-35(15-3-1)52-53-43-21-10-8-19-40(43)51(54-52)34-25-28-38(29-26-34)55-45-23-12-24-46(50(45)42-31-36-16-4-5-17-37(36)32-48(42)55)56-44-22-11-9-20-41(44)49-39-18-7-6-13-33(39)27-30-47(49)56/h1-30H;1-32H. The molecular formula is C104H62N8S. The fourth-order valence-corrected chi connectivity index (χ4v) is 19.5. The van der Waals surface area contributed by atoms with Crippen LogP contribution in [0.4, 0.5) is 0 Å². The van der Waals surface area contributed by atoms with Gasteiger partial charge in [-0.15, -0.1) is 11.3 Å². The van der Waals surface area contributed by atoms with Crippen molar-refractivity contribution in [2.75, 3.05) is 0 Å². The molecular weight excluding hydrogens is 1390 g/mol. The third-order valence-electron chi connectivity index (χ3n) is 23.3. The van der Waals surface area contributed by atoms with Crippen molar-refractivity contribution >= 4 is 184 Å². The van der Waals surface area contributed by atoms with E-state index in [0.29, 0.717) is 5.82 Å². The maximum Gasteiger partial charge on any atom is 0.162 e. The second-order valence-corrected chi connectivity index (χ2v) is 30.6. The topological polar surface area (TPSA) is 71.3 Å². The lowest BCUT2D eigenvalue weighted by atomic mass is 10.0. The second-order valence-electron chi connectivity index (χ2n) is 29.5. The molecule has 7 heterocycles. The third kappa shape index (κ3) is 9.62. The highest BCUT2D eigenvalue weighted by molar-refractivity contribution is 7.25. The number of para-hydroxylation sites is 5. The fraction of sp³-hybridized carbons (Fsp3) is 0. The van der Waals surface area contributed by atoms with E-state index < -0.39 is 0 Å². The molecule has 0 radical (unpaired) electrons. The predicted octanol–water partition coefficient (Wildman–Crippen LogP) is 27.6. The Hall–Kier alpha value is -14.9. The molecule has 0 unspecified atom stereocenters. The van der Waals surface area contributed by atoms with E-state index in [9.17, 15) is 0 Å². The average Bonchev–Trinajstić information content (AvgIpc) is 1.55. The molecule has 524 valence electrons. The van der Waals surface area contributed by atoms with Gasteiger partial charge in [0.25, 0.3) is 0 Å². The predicted molar refractivity (Wildman–Crippen MR) is 476 cm³/mol. The molecule has 8 nitrogen and oxygen atoms in total. The summed E-state index contributed by atoms with van der Waals surface area (Å²) in [5, 5.41) is 24.2. The van der Waals surface area contributed by atoms with Crippen molar-refractivity contribution in [1.82, 2.24) is 38.2 Å². The molecule has 9 heteroatoms. The summed E-state index contributed by atoms with van der Waals surface area (Å²) in [6.45, 7) is 0. The summed E-state index contributed by atoms with van der Waals surface area (Å²) in [6.07, 6.45) is 0. The highest BCUT2D eigenvalue weighted by atomic mass is 32.1. The molecule has 0 atom stereocenters. The number of rotatable bonds is 7.